The summed E-state index contributed by atoms with van der Waals surface area (Å²) in [6.45, 7) is 7.00. The van der Waals surface area contributed by atoms with Crippen LogP contribution in [0.2, 0.25) is 0 Å². The first-order valence-electron chi connectivity index (χ1n) is 7.25. The number of likely N-dealkylation sites (tertiary alicyclic amines) is 1. The highest BCUT2D eigenvalue weighted by Crippen LogP contribution is 2.14. The third-order valence-electron chi connectivity index (χ3n) is 4.15. The molecule has 0 aromatic rings. The molecule has 2 aliphatic heterocycles. The Morgan fingerprint density at radius 1 is 1.11 bits per heavy atom. The third kappa shape index (κ3) is 3.18. The molecule has 2 heterocycles. The van der Waals surface area contributed by atoms with Crippen molar-refractivity contribution < 1.29 is 4.79 Å². The lowest BCUT2D eigenvalue weighted by atomic mass is 10.1. The van der Waals surface area contributed by atoms with Gasteiger partial charge in [-0.1, -0.05) is 6.92 Å². The molecule has 0 saturated carbocycles. The molecule has 0 aromatic heterocycles. The number of piperazine rings is 1. The molecule has 6 heteroatoms. The zero-order valence-corrected chi connectivity index (χ0v) is 11.8. The summed E-state index contributed by atoms with van der Waals surface area (Å²) in [5.74, 6) is 0.238. The van der Waals surface area contributed by atoms with Gasteiger partial charge in [0.15, 0.2) is 0 Å². The molecule has 108 valence electrons. The molecule has 0 radical (unpaired) electrons. The SMILES string of the molecule is CCC(C(=N)N)N1CCN(C(=O)N2CCCC2)CC1. The number of carbonyl (C=O) groups is 1. The number of hydrogen-bond acceptors (Lipinski definition) is 3. The standard InChI is InChI=1S/C13H25N5O/c1-2-11(12(14)15)16-7-9-18(10-8-16)13(19)17-5-3-4-6-17/h11H,2-10H2,1H3,(H3,14,15). The Hall–Kier alpha value is -1.30. The Morgan fingerprint density at radius 3 is 2.11 bits per heavy atom. The van der Waals surface area contributed by atoms with Gasteiger partial charge in [0.25, 0.3) is 0 Å². The number of amides is 2. The second kappa shape index (κ2) is 6.23. The number of nitrogens with two attached hydrogens (primary N) is 1. The van der Waals surface area contributed by atoms with Gasteiger partial charge in [-0.05, 0) is 19.3 Å². The normalized spacial score (nSPS) is 22.6. The van der Waals surface area contributed by atoms with Crippen LogP contribution in [0.4, 0.5) is 4.79 Å². The van der Waals surface area contributed by atoms with Crippen molar-refractivity contribution in [1.29, 1.82) is 5.41 Å². The molecule has 3 N–H and O–H groups in total. The van der Waals surface area contributed by atoms with Crippen LogP contribution in [0.15, 0.2) is 0 Å². The van der Waals surface area contributed by atoms with E-state index in [-0.39, 0.29) is 17.9 Å². The van der Waals surface area contributed by atoms with Crippen molar-refractivity contribution in [3.8, 4) is 0 Å². The lowest BCUT2D eigenvalue weighted by Crippen LogP contribution is -2.56. The highest BCUT2D eigenvalue weighted by molar-refractivity contribution is 5.82. The zero-order chi connectivity index (χ0) is 13.8. The van der Waals surface area contributed by atoms with Gasteiger partial charge in [0, 0.05) is 39.3 Å². The first kappa shape index (κ1) is 14.1. The van der Waals surface area contributed by atoms with E-state index in [1.54, 1.807) is 0 Å². The second-order valence-electron chi connectivity index (χ2n) is 5.38. The lowest BCUT2D eigenvalue weighted by Gasteiger charge is -2.39. The molecular weight excluding hydrogens is 242 g/mol. The molecule has 1 atom stereocenters. The molecule has 2 rings (SSSR count). The minimum absolute atomic E-state index is 0.0315. The highest BCUT2D eigenvalue weighted by Gasteiger charge is 2.29. The summed E-state index contributed by atoms with van der Waals surface area (Å²) in [5.41, 5.74) is 5.62. The van der Waals surface area contributed by atoms with Gasteiger partial charge >= 0.3 is 6.03 Å². The molecule has 2 fully saturated rings. The second-order valence-corrected chi connectivity index (χ2v) is 5.38. The quantitative estimate of drug-likeness (QED) is 0.578. The van der Waals surface area contributed by atoms with Crippen LogP contribution in [0.5, 0.6) is 0 Å². The van der Waals surface area contributed by atoms with Crippen LogP contribution in [0, 0.1) is 5.41 Å². The molecule has 1 unspecified atom stereocenters. The number of hydrogen-bond donors (Lipinski definition) is 2. The van der Waals surface area contributed by atoms with E-state index >= 15 is 0 Å². The van der Waals surface area contributed by atoms with E-state index in [4.69, 9.17) is 11.1 Å². The lowest BCUT2D eigenvalue weighted by molar-refractivity contribution is 0.108. The van der Waals surface area contributed by atoms with Crippen LogP contribution in [0.1, 0.15) is 26.2 Å². The molecule has 0 spiro atoms. The predicted octanol–water partition coefficient (Wildman–Crippen LogP) is 0.534. The first-order chi connectivity index (χ1) is 9.13. The number of urea groups is 1. The Labute approximate surface area is 115 Å². The molecule has 19 heavy (non-hydrogen) atoms. The summed E-state index contributed by atoms with van der Waals surface area (Å²) in [7, 11) is 0. The van der Waals surface area contributed by atoms with E-state index in [0.29, 0.717) is 0 Å². The maximum Gasteiger partial charge on any atom is 0.320 e. The summed E-state index contributed by atoms with van der Waals surface area (Å²) < 4.78 is 0. The van der Waals surface area contributed by atoms with Crippen LogP contribution >= 0.6 is 0 Å². The van der Waals surface area contributed by atoms with Gasteiger partial charge in [0.1, 0.15) is 5.84 Å². The largest absolute Gasteiger partial charge is 0.386 e. The van der Waals surface area contributed by atoms with Gasteiger partial charge in [-0.3, -0.25) is 10.3 Å². The van der Waals surface area contributed by atoms with E-state index in [1.807, 2.05) is 16.7 Å². The smallest absolute Gasteiger partial charge is 0.320 e. The fraction of sp³-hybridized carbons (Fsp3) is 0.846. The molecular formula is C13H25N5O. The van der Waals surface area contributed by atoms with Crippen LogP contribution in [-0.2, 0) is 0 Å². The highest BCUT2D eigenvalue weighted by atomic mass is 16.2. The summed E-state index contributed by atoms with van der Waals surface area (Å²) in [6, 6.07) is 0.220. The first-order valence-corrected chi connectivity index (χ1v) is 7.25. The van der Waals surface area contributed by atoms with Gasteiger partial charge < -0.3 is 15.5 Å². The minimum atomic E-state index is 0.0315. The number of nitrogens with one attached hydrogen (secondary N) is 1. The molecule has 2 amide bonds. The third-order valence-corrected chi connectivity index (χ3v) is 4.15. The van der Waals surface area contributed by atoms with Crippen LogP contribution in [0.25, 0.3) is 0 Å². The van der Waals surface area contributed by atoms with E-state index in [2.05, 4.69) is 4.90 Å². The molecule has 0 aliphatic carbocycles. The van der Waals surface area contributed by atoms with E-state index in [1.165, 1.54) is 0 Å². The van der Waals surface area contributed by atoms with Gasteiger partial charge in [-0.15, -0.1) is 0 Å². The zero-order valence-electron chi connectivity index (χ0n) is 11.8. The van der Waals surface area contributed by atoms with Crippen LogP contribution < -0.4 is 5.73 Å². The summed E-state index contributed by atoms with van der Waals surface area (Å²) in [4.78, 5) is 18.4. The summed E-state index contributed by atoms with van der Waals surface area (Å²) in [6.07, 6.45) is 3.12. The fourth-order valence-electron chi connectivity index (χ4n) is 3.01. The Balaban J connectivity index is 1.84. The van der Waals surface area contributed by atoms with E-state index in [0.717, 1.165) is 58.5 Å². The number of amidine groups is 1. The van der Waals surface area contributed by atoms with Crippen molar-refractivity contribution in [2.24, 2.45) is 5.73 Å². The number of carbonyl (C=O) groups excluding carboxylic acids is 1. The molecule has 0 bridgehead atoms. The van der Waals surface area contributed by atoms with Crippen molar-refractivity contribution in [3.63, 3.8) is 0 Å². The summed E-state index contributed by atoms with van der Waals surface area (Å²) in [5, 5.41) is 7.61. The van der Waals surface area contributed by atoms with Gasteiger partial charge in [-0.25, -0.2) is 4.79 Å². The Kier molecular flexibility index (Phi) is 4.63. The van der Waals surface area contributed by atoms with Gasteiger partial charge in [-0.2, -0.15) is 0 Å². The summed E-state index contributed by atoms with van der Waals surface area (Å²) >= 11 is 0. The predicted molar refractivity (Wildman–Crippen MR) is 75.3 cm³/mol. The molecule has 2 aliphatic rings. The van der Waals surface area contributed by atoms with Crippen LogP contribution in [-0.4, -0.2) is 71.9 Å². The van der Waals surface area contributed by atoms with Gasteiger partial charge in [0.05, 0.1) is 6.04 Å². The molecule has 0 aromatic carbocycles. The fourth-order valence-corrected chi connectivity index (χ4v) is 3.01. The average Bonchev–Trinajstić information content (AvgIpc) is 2.93. The van der Waals surface area contributed by atoms with E-state index in [9.17, 15) is 4.79 Å². The maximum absolute atomic E-state index is 12.2. The monoisotopic (exact) mass is 267 g/mol. The Bertz CT molecular complexity index is 332. The number of rotatable bonds is 3. The van der Waals surface area contributed by atoms with Crippen molar-refractivity contribution in [2.45, 2.75) is 32.2 Å². The van der Waals surface area contributed by atoms with Crippen molar-refractivity contribution in [2.75, 3.05) is 39.3 Å². The molecule has 6 nitrogen and oxygen atoms in total. The van der Waals surface area contributed by atoms with Gasteiger partial charge in [0.2, 0.25) is 0 Å². The van der Waals surface area contributed by atoms with Crippen LogP contribution in [0.3, 0.4) is 0 Å². The minimum Gasteiger partial charge on any atom is -0.386 e. The van der Waals surface area contributed by atoms with Crippen molar-refractivity contribution in [3.05, 3.63) is 0 Å². The van der Waals surface area contributed by atoms with E-state index < -0.39 is 0 Å². The molecule has 2 saturated heterocycles. The van der Waals surface area contributed by atoms with Crippen molar-refractivity contribution in [1.82, 2.24) is 14.7 Å². The average molecular weight is 267 g/mol. The topological polar surface area (TPSA) is 76.7 Å². The maximum atomic E-state index is 12.2. The number of nitrogens with zero attached hydrogens (tertiary/aromatic N) is 3. The van der Waals surface area contributed by atoms with Crippen molar-refractivity contribution >= 4 is 11.9 Å². The Morgan fingerprint density at radius 2 is 1.63 bits per heavy atom.